The number of terminal acetylenes is 1. The summed E-state index contributed by atoms with van der Waals surface area (Å²) in [6.07, 6.45) is 8.13. The van der Waals surface area contributed by atoms with E-state index in [2.05, 4.69) is 15.7 Å². The quantitative estimate of drug-likeness (QED) is 0.648. The Morgan fingerprint density at radius 1 is 1.29 bits per heavy atom. The van der Waals surface area contributed by atoms with Crippen LogP contribution >= 0.6 is 0 Å². The minimum absolute atomic E-state index is 0.233. The molecule has 2 atom stereocenters. The molecule has 2 aliphatic heterocycles. The second-order valence-electron chi connectivity index (χ2n) is 5.92. The third-order valence-corrected chi connectivity index (χ3v) is 4.14. The van der Waals surface area contributed by atoms with E-state index in [1.807, 2.05) is 0 Å². The first-order valence-electron chi connectivity index (χ1n) is 8.03. The summed E-state index contributed by atoms with van der Waals surface area (Å²) in [6, 6.07) is 0. The summed E-state index contributed by atoms with van der Waals surface area (Å²) in [5.41, 5.74) is 0. The molecule has 2 aliphatic rings. The SMILES string of the molecule is C#CCCN1CCN(CC(O)COCC2CCCO2)CC1. The van der Waals surface area contributed by atoms with Crippen LogP contribution in [0.15, 0.2) is 0 Å². The second-order valence-corrected chi connectivity index (χ2v) is 5.92. The molecule has 0 aromatic rings. The van der Waals surface area contributed by atoms with Crippen molar-refractivity contribution in [1.82, 2.24) is 9.80 Å². The van der Waals surface area contributed by atoms with Crippen molar-refractivity contribution in [3.63, 3.8) is 0 Å². The largest absolute Gasteiger partial charge is 0.389 e. The standard InChI is InChI=1S/C16H28N2O3/c1-2-3-6-17-7-9-18(10-8-17)12-15(19)13-20-14-16-5-4-11-21-16/h1,15-16,19H,3-14H2. The molecule has 2 heterocycles. The fraction of sp³-hybridized carbons (Fsp3) is 0.875. The first-order chi connectivity index (χ1) is 10.3. The molecule has 2 saturated heterocycles. The van der Waals surface area contributed by atoms with Gasteiger partial charge in [-0.25, -0.2) is 0 Å². The van der Waals surface area contributed by atoms with Crippen molar-refractivity contribution in [3.05, 3.63) is 0 Å². The van der Waals surface area contributed by atoms with Gasteiger partial charge in [0.1, 0.15) is 0 Å². The zero-order valence-electron chi connectivity index (χ0n) is 12.9. The van der Waals surface area contributed by atoms with Crippen molar-refractivity contribution in [2.45, 2.75) is 31.5 Å². The van der Waals surface area contributed by atoms with E-state index in [1.54, 1.807) is 0 Å². The van der Waals surface area contributed by atoms with Crippen LogP contribution in [0.4, 0.5) is 0 Å². The van der Waals surface area contributed by atoms with E-state index in [-0.39, 0.29) is 6.10 Å². The Morgan fingerprint density at radius 3 is 2.71 bits per heavy atom. The van der Waals surface area contributed by atoms with Gasteiger partial charge in [-0.15, -0.1) is 12.3 Å². The lowest BCUT2D eigenvalue weighted by molar-refractivity contribution is -0.0285. The second kappa shape index (κ2) is 9.39. The molecule has 0 amide bonds. The number of piperazine rings is 1. The van der Waals surface area contributed by atoms with E-state index in [0.717, 1.165) is 58.6 Å². The van der Waals surface area contributed by atoms with Gasteiger partial charge in [0.2, 0.25) is 0 Å². The Labute approximate surface area is 128 Å². The van der Waals surface area contributed by atoms with E-state index >= 15 is 0 Å². The van der Waals surface area contributed by atoms with Crippen molar-refractivity contribution < 1.29 is 14.6 Å². The average Bonchev–Trinajstić information content (AvgIpc) is 3.00. The van der Waals surface area contributed by atoms with Crippen LogP contribution in [-0.4, -0.2) is 86.2 Å². The van der Waals surface area contributed by atoms with Gasteiger partial charge in [-0.1, -0.05) is 0 Å². The Bertz CT molecular complexity index is 318. The van der Waals surface area contributed by atoms with Gasteiger partial charge >= 0.3 is 0 Å². The van der Waals surface area contributed by atoms with Crippen LogP contribution in [0.3, 0.4) is 0 Å². The highest BCUT2D eigenvalue weighted by Crippen LogP contribution is 2.12. The minimum atomic E-state index is -0.413. The van der Waals surface area contributed by atoms with Gasteiger partial charge in [-0.2, -0.15) is 0 Å². The first-order valence-corrected chi connectivity index (χ1v) is 8.03. The van der Waals surface area contributed by atoms with Gasteiger partial charge in [0.25, 0.3) is 0 Å². The monoisotopic (exact) mass is 296 g/mol. The Balaban J connectivity index is 1.52. The molecule has 0 radical (unpaired) electrons. The molecule has 2 rings (SSSR count). The van der Waals surface area contributed by atoms with Gasteiger partial charge < -0.3 is 14.6 Å². The molecule has 120 valence electrons. The van der Waals surface area contributed by atoms with Crippen molar-refractivity contribution in [2.75, 3.05) is 59.1 Å². The lowest BCUT2D eigenvalue weighted by atomic mass is 10.2. The average molecular weight is 296 g/mol. The molecular formula is C16H28N2O3. The van der Waals surface area contributed by atoms with Crippen molar-refractivity contribution in [1.29, 1.82) is 0 Å². The fourth-order valence-electron chi connectivity index (χ4n) is 2.88. The van der Waals surface area contributed by atoms with Crippen LogP contribution in [-0.2, 0) is 9.47 Å². The van der Waals surface area contributed by atoms with Crippen molar-refractivity contribution >= 4 is 0 Å². The molecular weight excluding hydrogens is 268 g/mol. The van der Waals surface area contributed by atoms with E-state index in [1.165, 1.54) is 0 Å². The first kappa shape index (κ1) is 16.7. The summed E-state index contributed by atoms with van der Waals surface area (Å²) in [5, 5.41) is 10.0. The smallest absolute Gasteiger partial charge is 0.0900 e. The fourth-order valence-corrected chi connectivity index (χ4v) is 2.88. The highest BCUT2D eigenvalue weighted by atomic mass is 16.5. The van der Waals surface area contributed by atoms with E-state index in [0.29, 0.717) is 19.8 Å². The van der Waals surface area contributed by atoms with Gasteiger partial charge in [0.05, 0.1) is 25.4 Å². The molecule has 1 N–H and O–H groups in total. The molecule has 2 unspecified atom stereocenters. The predicted octanol–water partition coefficient (Wildman–Crippen LogP) is 0.184. The molecule has 21 heavy (non-hydrogen) atoms. The summed E-state index contributed by atoms with van der Waals surface area (Å²) in [5.74, 6) is 2.68. The molecule has 0 bridgehead atoms. The van der Waals surface area contributed by atoms with Gasteiger partial charge in [-0.05, 0) is 12.8 Å². The maximum atomic E-state index is 10.0. The summed E-state index contributed by atoms with van der Waals surface area (Å²) >= 11 is 0. The highest BCUT2D eigenvalue weighted by molar-refractivity contribution is 4.85. The number of nitrogens with zero attached hydrogens (tertiary/aromatic N) is 2. The predicted molar refractivity (Wildman–Crippen MR) is 82.1 cm³/mol. The maximum absolute atomic E-state index is 10.0. The Kier molecular flexibility index (Phi) is 7.48. The van der Waals surface area contributed by atoms with E-state index in [9.17, 15) is 5.11 Å². The van der Waals surface area contributed by atoms with Crippen LogP contribution in [0.5, 0.6) is 0 Å². The van der Waals surface area contributed by atoms with Crippen LogP contribution in [0.25, 0.3) is 0 Å². The summed E-state index contributed by atoms with van der Waals surface area (Å²) < 4.78 is 11.1. The van der Waals surface area contributed by atoms with Crippen LogP contribution in [0.2, 0.25) is 0 Å². The topological polar surface area (TPSA) is 45.2 Å². The molecule has 0 saturated carbocycles. The summed E-state index contributed by atoms with van der Waals surface area (Å²) in [6.45, 7) is 7.58. The zero-order valence-corrected chi connectivity index (χ0v) is 12.9. The number of rotatable bonds is 8. The number of aliphatic hydroxyl groups is 1. The van der Waals surface area contributed by atoms with Gasteiger partial charge in [0.15, 0.2) is 0 Å². The molecule has 5 heteroatoms. The number of hydrogen-bond donors (Lipinski definition) is 1. The van der Waals surface area contributed by atoms with Crippen LogP contribution in [0, 0.1) is 12.3 Å². The van der Waals surface area contributed by atoms with Crippen molar-refractivity contribution in [3.8, 4) is 12.3 Å². The molecule has 5 nitrogen and oxygen atoms in total. The third kappa shape index (κ3) is 6.33. The number of aliphatic hydroxyl groups excluding tert-OH is 1. The molecule has 0 aromatic heterocycles. The number of hydrogen-bond acceptors (Lipinski definition) is 5. The molecule has 2 fully saturated rings. The molecule has 0 aromatic carbocycles. The molecule has 0 aliphatic carbocycles. The van der Waals surface area contributed by atoms with E-state index in [4.69, 9.17) is 15.9 Å². The lowest BCUT2D eigenvalue weighted by Gasteiger charge is -2.35. The van der Waals surface area contributed by atoms with Gasteiger partial charge in [-0.3, -0.25) is 9.80 Å². The molecule has 0 spiro atoms. The van der Waals surface area contributed by atoms with E-state index < -0.39 is 6.10 Å². The Morgan fingerprint density at radius 2 is 2.05 bits per heavy atom. The van der Waals surface area contributed by atoms with Crippen LogP contribution < -0.4 is 0 Å². The minimum Gasteiger partial charge on any atom is -0.389 e. The number of β-amino-alcohol motifs (C(OH)–C–C–N with tert-alkyl or cyclic N) is 1. The van der Waals surface area contributed by atoms with Gasteiger partial charge in [0, 0.05) is 52.3 Å². The summed E-state index contributed by atoms with van der Waals surface area (Å²) in [7, 11) is 0. The third-order valence-electron chi connectivity index (χ3n) is 4.14. The lowest BCUT2D eigenvalue weighted by Crippen LogP contribution is -2.49. The zero-order chi connectivity index (χ0) is 14.9. The Hall–Kier alpha value is -0.640. The van der Waals surface area contributed by atoms with Crippen molar-refractivity contribution in [2.24, 2.45) is 0 Å². The van der Waals surface area contributed by atoms with Crippen LogP contribution in [0.1, 0.15) is 19.3 Å². The maximum Gasteiger partial charge on any atom is 0.0900 e. The normalized spacial score (nSPS) is 25.8. The highest BCUT2D eigenvalue weighted by Gasteiger charge is 2.20. The summed E-state index contributed by atoms with van der Waals surface area (Å²) in [4.78, 5) is 4.68. The number of ether oxygens (including phenoxy) is 2.